The van der Waals surface area contributed by atoms with Crippen molar-refractivity contribution < 1.29 is 0 Å². The molecule has 1 saturated carbocycles. The Balaban J connectivity index is 1.16. The maximum absolute atomic E-state index is 6.28. The molecule has 0 aromatic carbocycles. The van der Waals surface area contributed by atoms with Crippen molar-refractivity contribution in [3.05, 3.63) is 44.8 Å². The Kier molecular flexibility index (Phi) is 6.57. The summed E-state index contributed by atoms with van der Waals surface area (Å²) in [4.78, 5) is 16.6. The van der Waals surface area contributed by atoms with Gasteiger partial charge in [-0.05, 0) is 81.4 Å². The van der Waals surface area contributed by atoms with Crippen molar-refractivity contribution in [1.82, 2.24) is 15.3 Å². The summed E-state index contributed by atoms with van der Waals surface area (Å²) in [5.41, 5.74) is 7.41. The molecular weight excluding hydrogens is 432 g/mol. The minimum Gasteiger partial charge on any atom is -0.362 e. The van der Waals surface area contributed by atoms with Crippen molar-refractivity contribution in [3.8, 4) is 0 Å². The lowest BCUT2D eigenvalue weighted by atomic mass is 9.90. The van der Waals surface area contributed by atoms with Crippen LogP contribution in [0.25, 0.3) is 0 Å². The van der Waals surface area contributed by atoms with E-state index in [1.165, 1.54) is 35.2 Å². The molecule has 7 heteroatoms. The van der Waals surface area contributed by atoms with Gasteiger partial charge in [-0.3, -0.25) is 4.99 Å². The normalized spacial score (nSPS) is 24.5. The number of aliphatic imine (C=N–C) groups is 1. The van der Waals surface area contributed by atoms with Gasteiger partial charge in [-0.1, -0.05) is 17.7 Å². The second kappa shape index (κ2) is 9.59. The smallest absolute Gasteiger partial charge is 0.225 e. The van der Waals surface area contributed by atoms with Crippen LogP contribution in [0.2, 0.25) is 0 Å². The summed E-state index contributed by atoms with van der Waals surface area (Å²) in [6, 6.07) is 0.987. The fourth-order valence-electron chi connectivity index (χ4n) is 5.50. The van der Waals surface area contributed by atoms with Gasteiger partial charge in [0.2, 0.25) is 5.95 Å². The van der Waals surface area contributed by atoms with E-state index < -0.39 is 0 Å². The van der Waals surface area contributed by atoms with E-state index in [1.807, 2.05) is 6.21 Å². The van der Waals surface area contributed by atoms with Crippen LogP contribution in [0.1, 0.15) is 63.1 Å². The first-order valence-corrected chi connectivity index (χ1v) is 12.8. The lowest BCUT2D eigenvalue weighted by Crippen LogP contribution is -2.38. The number of hydrogen-bond acceptors (Lipinski definition) is 6. The number of halogens is 1. The number of fused-ring (bicyclic) bond motifs is 2. The summed E-state index contributed by atoms with van der Waals surface area (Å²) < 4.78 is 0. The fraction of sp³-hybridized carbons (Fsp3) is 0.577. The van der Waals surface area contributed by atoms with Gasteiger partial charge in [0, 0.05) is 49.5 Å². The van der Waals surface area contributed by atoms with E-state index in [9.17, 15) is 0 Å². The van der Waals surface area contributed by atoms with E-state index in [1.54, 1.807) is 0 Å². The molecule has 33 heavy (non-hydrogen) atoms. The third kappa shape index (κ3) is 4.73. The third-order valence-electron chi connectivity index (χ3n) is 7.45. The van der Waals surface area contributed by atoms with E-state index in [0.29, 0.717) is 12.1 Å². The molecule has 0 saturated heterocycles. The first-order chi connectivity index (χ1) is 16.0. The predicted molar refractivity (Wildman–Crippen MR) is 137 cm³/mol. The van der Waals surface area contributed by atoms with Gasteiger partial charge in [0.15, 0.2) is 0 Å². The number of rotatable bonds is 6. The van der Waals surface area contributed by atoms with Crippen LogP contribution in [0.15, 0.2) is 38.5 Å². The molecule has 3 aliphatic carbocycles. The molecule has 0 radical (unpaired) electrons. The number of allylic oxidation sites excluding steroid dienone is 4. The van der Waals surface area contributed by atoms with Gasteiger partial charge in [0.25, 0.3) is 0 Å². The lowest BCUT2D eigenvalue weighted by Gasteiger charge is -2.31. The zero-order valence-electron chi connectivity index (χ0n) is 20.0. The van der Waals surface area contributed by atoms with Gasteiger partial charge >= 0.3 is 0 Å². The molecule has 1 aromatic heterocycles. The predicted octanol–water partition coefficient (Wildman–Crippen LogP) is 4.92. The van der Waals surface area contributed by atoms with Crippen molar-refractivity contribution in [3.63, 3.8) is 0 Å². The molecule has 5 rings (SSSR count). The number of aromatic nitrogens is 2. The van der Waals surface area contributed by atoms with Gasteiger partial charge in [-0.25, -0.2) is 4.98 Å². The Hall–Kier alpha value is -2.18. The van der Waals surface area contributed by atoms with E-state index in [4.69, 9.17) is 21.6 Å². The maximum Gasteiger partial charge on any atom is 0.225 e. The Bertz CT molecular complexity index is 1040. The molecule has 0 unspecified atom stereocenters. The first kappa shape index (κ1) is 22.6. The van der Waals surface area contributed by atoms with Crippen molar-refractivity contribution >= 4 is 29.6 Å². The molecule has 0 spiro atoms. The Morgan fingerprint density at radius 2 is 1.82 bits per heavy atom. The Labute approximate surface area is 202 Å². The van der Waals surface area contributed by atoms with Crippen molar-refractivity contribution in [2.75, 3.05) is 30.9 Å². The van der Waals surface area contributed by atoms with Crippen LogP contribution >= 0.6 is 11.6 Å². The highest BCUT2D eigenvalue weighted by atomic mass is 35.5. The summed E-state index contributed by atoms with van der Waals surface area (Å²) in [7, 11) is 4.17. The number of hydrogen-bond donors (Lipinski definition) is 2. The minimum absolute atomic E-state index is 0.442. The van der Waals surface area contributed by atoms with Gasteiger partial charge in [0.05, 0.1) is 11.4 Å². The van der Waals surface area contributed by atoms with Crippen LogP contribution in [0.3, 0.4) is 0 Å². The molecule has 1 aromatic rings. The molecule has 1 aliphatic heterocycles. The standard InChI is InChI=1S/C26H35ClN6/c1-16-22(27)13-12-20-17(15-29-24(16)20)14-28-18-8-10-19(11-9-18)30-26-31-23-7-5-4-6-21(23)25(32-26)33(2)3/h13,15,18-19,28H,4-12,14H2,1-3H3,(H,30,31,32). The second-order valence-corrected chi connectivity index (χ2v) is 10.4. The molecular formula is C26H35ClN6. The summed E-state index contributed by atoms with van der Waals surface area (Å²) in [6.07, 6.45) is 14.3. The second-order valence-electron chi connectivity index (χ2n) is 9.96. The monoisotopic (exact) mass is 466 g/mol. The van der Waals surface area contributed by atoms with Crippen LogP contribution in [0.5, 0.6) is 0 Å². The highest BCUT2D eigenvalue weighted by Gasteiger charge is 2.26. The topological polar surface area (TPSA) is 65.4 Å². The van der Waals surface area contributed by atoms with E-state index in [0.717, 1.165) is 79.6 Å². The van der Waals surface area contributed by atoms with Gasteiger partial charge in [-0.2, -0.15) is 4.98 Å². The molecule has 0 amide bonds. The zero-order chi connectivity index (χ0) is 22.9. The molecule has 2 N–H and O–H groups in total. The fourth-order valence-corrected chi connectivity index (χ4v) is 5.67. The zero-order valence-corrected chi connectivity index (χ0v) is 20.8. The van der Waals surface area contributed by atoms with E-state index >= 15 is 0 Å². The quantitative estimate of drug-likeness (QED) is 0.623. The molecule has 2 heterocycles. The van der Waals surface area contributed by atoms with Gasteiger partial charge in [-0.15, -0.1) is 0 Å². The summed E-state index contributed by atoms with van der Waals surface area (Å²) >= 11 is 6.28. The van der Waals surface area contributed by atoms with Crippen molar-refractivity contribution in [2.24, 2.45) is 4.99 Å². The highest BCUT2D eigenvalue weighted by Crippen LogP contribution is 2.36. The average Bonchev–Trinajstić information content (AvgIpc) is 3.24. The molecule has 0 bridgehead atoms. The van der Waals surface area contributed by atoms with E-state index in [-0.39, 0.29) is 0 Å². The number of nitrogens with one attached hydrogen (secondary N) is 2. The van der Waals surface area contributed by atoms with Gasteiger partial charge in [0.1, 0.15) is 5.82 Å². The van der Waals surface area contributed by atoms with Crippen LogP contribution in [0.4, 0.5) is 11.8 Å². The van der Waals surface area contributed by atoms with Gasteiger partial charge < -0.3 is 15.5 Å². The summed E-state index contributed by atoms with van der Waals surface area (Å²) in [6.45, 7) is 2.94. The van der Waals surface area contributed by atoms with Crippen LogP contribution < -0.4 is 15.5 Å². The lowest BCUT2D eigenvalue weighted by molar-refractivity contribution is 0.361. The molecule has 4 aliphatic rings. The van der Waals surface area contributed by atoms with Crippen LogP contribution in [-0.4, -0.2) is 48.9 Å². The Morgan fingerprint density at radius 1 is 1.06 bits per heavy atom. The number of anilines is 2. The number of nitrogens with zero attached hydrogens (tertiary/aromatic N) is 4. The summed E-state index contributed by atoms with van der Waals surface area (Å²) in [5, 5.41) is 8.28. The first-order valence-electron chi connectivity index (χ1n) is 12.4. The molecule has 1 fully saturated rings. The maximum atomic E-state index is 6.28. The molecule has 0 atom stereocenters. The minimum atomic E-state index is 0.442. The SMILES string of the molecule is CC1=C2N=CC(CNC3CCC(Nc4nc5c(c(N(C)C)n4)CCCC5)CC3)=C2CC=C1Cl. The number of aryl methyl sites for hydroxylation is 1. The largest absolute Gasteiger partial charge is 0.362 e. The third-order valence-corrected chi connectivity index (χ3v) is 7.89. The molecule has 6 nitrogen and oxygen atoms in total. The van der Waals surface area contributed by atoms with Crippen LogP contribution in [-0.2, 0) is 12.8 Å². The average molecular weight is 467 g/mol. The van der Waals surface area contributed by atoms with E-state index in [2.05, 4.69) is 47.6 Å². The molecule has 176 valence electrons. The summed E-state index contributed by atoms with van der Waals surface area (Å²) in [5.74, 6) is 1.90. The van der Waals surface area contributed by atoms with Crippen molar-refractivity contribution in [2.45, 2.75) is 76.8 Å². The van der Waals surface area contributed by atoms with Crippen molar-refractivity contribution in [1.29, 1.82) is 0 Å². The Morgan fingerprint density at radius 3 is 2.61 bits per heavy atom. The van der Waals surface area contributed by atoms with Crippen LogP contribution in [0, 0.1) is 0 Å². The highest BCUT2D eigenvalue weighted by molar-refractivity contribution is 6.32.